The molecular weight excluding hydrogens is 695 g/mol. The molecule has 2 unspecified atom stereocenters. The molecule has 1 saturated heterocycles. The van der Waals surface area contributed by atoms with Crippen molar-refractivity contribution in [2.45, 2.75) is 17.0 Å². The van der Waals surface area contributed by atoms with Gasteiger partial charge in [-0.05, 0) is 23.2 Å². The van der Waals surface area contributed by atoms with Gasteiger partial charge in [-0.15, -0.1) is 28.2 Å². The number of carbonyl (C=O) groups excluding carboxylic acids is 2. The number of thiazole rings is 1. The number of fused-ring (bicyclic) bond motifs is 1. The lowest BCUT2D eigenvalue weighted by Gasteiger charge is -2.49. The second-order valence-electron chi connectivity index (χ2n) is 11.1. The number of β-lactam (4-membered cyclic amide) rings is 1. The van der Waals surface area contributed by atoms with Crippen LogP contribution in [0.2, 0.25) is 0 Å². The number of allylic oxidation sites excluding steroid dienone is 1. The Labute approximate surface area is 298 Å². The molecule has 4 heterocycles. The number of nitrogens with zero attached hydrogens (tertiary/aromatic N) is 5. The molecule has 250 valence electrons. The van der Waals surface area contributed by atoms with E-state index in [0.717, 1.165) is 22.9 Å². The fourth-order valence-corrected chi connectivity index (χ4v) is 8.25. The summed E-state index contributed by atoms with van der Waals surface area (Å²) in [4.78, 5) is 51.0. The summed E-state index contributed by atoms with van der Waals surface area (Å²) >= 11 is 3.85. The van der Waals surface area contributed by atoms with Crippen LogP contribution >= 0.6 is 34.6 Å². The normalized spacial score (nSPS) is 17.5. The minimum Gasteiger partial charge on any atom is -0.477 e. The fraction of sp³-hybridized carbons (Fsp3) is 0.114. The smallest absolute Gasteiger partial charge is 0.352 e. The number of aliphatic carboxylic acids is 1. The molecule has 0 saturated carbocycles. The second-order valence-corrected chi connectivity index (χ2v) is 13.7. The van der Waals surface area contributed by atoms with E-state index in [1.807, 2.05) is 90.3 Å². The van der Waals surface area contributed by atoms with Crippen molar-refractivity contribution in [2.75, 3.05) is 11.5 Å². The molecule has 0 spiro atoms. The molecule has 5 aromatic rings. The van der Waals surface area contributed by atoms with E-state index in [1.165, 1.54) is 39.5 Å². The van der Waals surface area contributed by atoms with Crippen molar-refractivity contribution in [3.05, 3.63) is 135 Å². The van der Waals surface area contributed by atoms with Crippen LogP contribution in [0.5, 0.6) is 0 Å². The van der Waals surface area contributed by atoms with Gasteiger partial charge in [-0.1, -0.05) is 101 Å². The summed E-state index contributed by atoms with van der Waals surface area (Å²) in [6, 6.07) is 25.7. The van der Waals surface area contributed by atoms with Crippen molar-refractivity contribution in [2.24, 2.45) is 5.16 Å². The highest BCUT2D eigenvalue weighted by Crippen LogP contribution is 2.45. The summed E-state index contributed by atoms with van der Waals surface area (Å²) in [5, 5.41) is 24.2. The highest BCUT2D eigenvalue weighted by Gasteiger charge is 2.54. The molecule has 2 aliphatic heterocycles. The summed E-state index contributed by atoms with van der Waals surface area (Å²) in [6.45, 7) is 0. The van der Waals surface area contributed by atoms with Gasteiger partial charge < -0.3 is 21.0 Å². The molecule has 7 rings (SSSR count). The first-order valence-electron chi connectivity index (χ1n) is 15.2. The molecule has 50 heavy (non-hydrogen) atoms. The maximum atomic E-state index is 13.3. The predicted octanol–water partition coefficient (Wildman–Crippen LogP) is 4.99. The molecule has 2 atom stereocenters. The molecule has 15 heteroatoms. The van der Waals surface area contributed by atoms with Gasteiger partial charge in [0.1, 0.15) is 23.3 Å². The minimum absolute atomic E-state index is 0.128. The van der Waals surface area contributed by atoms with Crippen LogP contribution in [0.15, 0.2) is 118 Å². The number of hydrogen-bond acceptors (Lipinski definition) is 12. The number of anilines is 1. The monoisotopic (exact) mass is 721 g/mol. The second kappa shape index (κ2) is 14.1. The number of rotatable bonds is 11. The summed E-state index contributed by atoms with van der Waals surface area (Å²) in [5.41, 5.74) is 9.22. The van der Waals surface area contributed by atoms with Crippen LogP contribution in [0.1, 0.15) is 22.4 Å². The molecule has 4 N–H and O–H groups in total. The first-order valence-corrected chi connectivity index (χ1v) is 17.9. The van der Waals surface area contributed by atoms with Gasteiger partial charge in [-0.25, -0.2) is 9.78 Å². The lowest BCUT2D eigenvalue weighted by molar-refractivity contribution is -0.150. The van der Waals surface area contributed by atoms with E-state index in [4.69, 9.17) is 10.6 Å². The van der Waals surface area contributed by atoms with Gasteiger partial charge in [-0.2, -0.15) is 0 Å². The number of thioether (sulfide) groups is 1. The molecule has 12 nitrogen and oxygen atoms in total. The van der Waals surface area contributed by atoms with Gasteiger partial charge in [-0.3, -0.25) is 14.5 Å². The Kier molecular flexibility index (Phi) is 9.25. The third kappa shape index (κ3) is 6.17. The van der Waals surface area contributed by atoms with Crippen molar-refractivity contribution >= 4 is 69.8 Å². The Balaban J connectivity index is 1.17. The number of benzene rings is 3. The number of hydrogen-bond donors (Lipinski definition) is 3. The molecule has 2 aromatic heterocycles. The Hall–Kier alpha value is -5.64. The van der Waals surface area contributed by atoms with E-state index in [2.05, 4.69) is 25.0 Å². The highest BCUT2D eigenvalue weighted by atomic mass is 32.2. The number of carbonyl (C=O) groups is 3. The van der Waals surface area contributed by atoms with Crippen molar-refractivity contribution in [1.82, 2.24) is 24.8 Å². The average Bonchev–Trinajstić information content (AvgIpc) is 3.84. The molecule has 1 fully saturated rings. The van der Waals surface area contributed by atoms with E-state index >= 15 is 0 Å². The van der Waals surface area contributed by atoms with E-state index in [-0.39, 0.29) is 5.70 Å². The van der Waals surface area contributed by atoms with Crippen molar-refractivity contribution < 1.29 is 24.3 Å². The lowest BCUT2D eigenvalue weighted by Crippen LogP contribution is -2.70. The van der Waals surface area contributed by atoms with Gasteiger partial charge in [0.15, 0.2) is 5.13 Å². The molecule has 3 aromatic carbocycles. The quantitative estimate of drug-likeness (QED) is 0.0730. The zero-order valence-corrected chi connectivity index (χ0v) is 28.4. The highest BCUT2D eigenvalue weighted by molar-refractivity contribution is 8.00. The third-order valence-electron chi connectivity index (χ3n) is 8.15. The Morgan fingerprint density at radius 1 is 1.00 bits per heavy atom. The molecule has 2 aliphatic rings. The van der Waals surface area contributed by atoms with Crippen LogP contribution in [0, 0.1) is 0 Å². The third-order valence-corrected chi connectivity index (χ3v) is 10.7. The largest absolute Gasteiger partial charge is 0.477 e. The fourth-order valence-electron chi connectivity index (χ4n) is 5.95. The van der Waals surface area contributed by atoms with E-state index in [9.17, 15) is 19.5 Å². The minimum atomic E-state index is -1.34. The first-order chi connectivity index (χ1) is 24.4. The van der Waals surface area contributed by atoms with Crippen LogP contribution in [0.25, 0.3) is 17.3 Å². The number of carboxylic acid groups (broad SMARTS) is 1. The zero-order valence-electron chi connectivity index (χ0n) is 25.9. The molecular formula is C35H27N7O5S3. The van der Waals surface area contributed by atoms with Crippen molar-refractivity contribution in [3.63, 3.8) is 0 Å². The van der Waals surface area contributed by atoms with E-state index in [0.29, 0.717) is 33.4 Å². The molecule has 0 bridgehead atoms. The number of oxime groups is 1. The Bertz CT molecular complexity index is 2100. The Morgan fingerprint density at radius 2 is 1.70 bits per heavy atom. The number of nitrogen functional groups attached to an aromatic ring is 1. The Morgan fingerprint density at radius 3 is 2.34 bits per heavy atom. The van der Waals surface area contributed by atoms with Gasteiger partial charge in [0.2, 0.25) is 5.60 Å². The SMILES string of the molecule is Nc1nc(-c2ccccc2C(O/N=C\C(=O)NC2C(=O)N3C(C(=O)O)=C(/C=C\c4csnn4)CSC23)(c2ccccc2)c2ccccc2)cs1. The first kappa shape index (κ1) is 32.9. The van der Waals surface area contributed by atoms with Crippen LogP contribution in [-0.4, -0.2) is 65.7 Å². The van der Waals surface area contributed by atoms with Gasteiger partial charge in [0, 0.05) is 38.8 Å². The number of aromatic nitrogens is 3. The van der Waals surface area contributed by atoms with E-state index in [1.54, 1.807) is 17.5 Å². The lowest BCUT2D eigenvalue weighted by atomic mass is 9.78. The molecule has 0 aliphatic carbocycles. The standard InChI is InChI=1S/C35H27N7O5S3/c36-34-38-27(20-49-34)25-13-7-8-14-26(25)35(22-9-3-1-4-10-22,23-11-5-2-6-12-23)47-37-17-28(43)39-29-31(44)42-30(33(45)46)21(18-48-32(29)42)15-16-24-19-50-41-40-24/h1-17,19-20,29,32H,18H2,(H2,36,38)(H,39,43)(H,45,46)/b16-15-,37-17-. The molecule has 0 radical (unpaired) electrons. The van der Waals surface area contributed by atoms with Crippen molar-refractivity contribution in [3.8, 4) is 11.3 Å². The van der Waals surface area contributed by atoms with Crippen LogP contribution < -0.4 is 11.1 Å². The van der Waals surface area contributed by atoms with Gasteiger partial charge in [0.05, 0.1) is 11.4 Å². The van der Waals surface area contributed by atoms with E-state index < -0.39 is 34.8 Å². The average molecular weight is 722 g/mol. The number of carboxylic acids is 1. The van der Waals surface area contributed by atoms with Crippen LogP contribution in [0.3, 0.4) is 0 Å². The van der Waals surface area contributed by atoms with Gasteiger partial charge >= 0.3 is 5.97 Å². The number of nitrogens with one attached hydrogen (secondary N) is 1. The summed E-state index contributed by atoms with van der Waals surface area (Å²) in [6.07, 6.45) is 4.26. The van der Waals surface area contributed by atoms with Crippen LogP contribution in [-0.2, 0) is 24.8 Å². The maximum absolute atomic E-state index is 13.3. The zero-order chi connectivity index (χ0) is 34.7. The topological polar surface area (TPSA) is 173 Å². The van der Waals surface area contributed by atoms with Crippen LogP contribution in [0.4, 0.5) is 5.13 Å². The number of amides is 2. The summed E-state index contributed by atoms with van der Waals surface area (Å²) in [5.74, 6) is -2.14. The van der Waals surface area contributed by atoms with Gasteiger partial charge in [0.25, 0.3) is 11.8 Å². The predicted molar refractivity (Wildman–Crippen MR) is 193 cm³/mol. The summed E-state index contributed by atoms with van der Waals surface area (Å²) in [7, 11) is 0. The maximum Gasteiger partial charge on any atom is 0.352 e. The molecule has 2 amide bonds. The van der Waals surface area contributed by atoms with Crippen molar-refractivity contribution in [1.29, 1.82) is 0 Å². The summed E-state index contributed by atoms with van der Waals surface area (Å²) < 4.78 is 3.80. The number of nitrogens with two attached hydrogens (primary N) is 1.